The van der Waals surface area contributed by atoms with Crippen molar-refractivity contribution in [2.75, 3.05) is 0 Å². The van der Waals surface area contributed by atoms with Crippen molar-refractivity contribution in [2.45, 2.75) is 25.7 Å². The molecule has 0 fully saturated rings. The first-order valence-electron chi connectivity index (χ1n) is 14.6. The molecule has 0 saturated heterocycles. The van der Waals surface area contributed by atoms with Crippen molar-refractivity contribution in [3.05, 3.63) is 131 Å². The molecule has 0 amide bonds. The van der Waals surface area contributed by atoms with Gasteiger partial charge in [-0.05, 0) is 124 Å². The van der Waals surface area contributed by atoms with Crippen molar-refractivity contribution in [3.63, 3.8) is 0 Å². The van der Waals surface area contributed by atoms with Crippen molar-refractivity contribution < 1.29 is 0 Å². The zero-order valence-electron chi connectivity index (χ0n) is 22.2. The molecule has 2 aliphatic rings. The minimum atomic E-state index is 1.20. The van der Waals surface area contributed by atoms with Crippen LogP contribution in [0.4, 0.5) is 0 Å². The summed E-state index contributed by atoms with van der Waals surface area (Å²) in [5.41, 5.74) is 11.5. The highest BCUT2D eigenvalue weighted by molar-refractivity contribution is 6.29. The van der Waals surface area contributed by atoms with Crippen molar-refractivity contribution >= 4 is 53.9 Å². The smallest absolute Gasteiger partial charge is 0.00201 e. The molecule has 0 aromatic heterocycles. The average molecular weight is 507 g/mol. The fourth-order valence-electron chi connectivity index (χ4n) is 7.89. The zero-order chi connectivity index (χ0) is 25.9. The molecule has 0 heterocycles. The molecule has 0 aliphatic heterocycles. The van der Waals surface area contributed by atoms with Crippen LogP contribution >= 0.6 is 0 Å². The molecule has 0 heteroatoms. The van der Waals surface area contributed by atoms with E-state index in [4.69, 9.17) is 0 Å². The second-order valence-corrected chi connectivity index (χ2v) is 11.9. The molecule has 8 aromatic rings. The highest BCUT2D eigenvalue weighted by Gasteiger charge is 2.23. The molecule has 0 spiro atoms. The van der Waals surface area contributed by atoms with Crippen LogP contribution in [0.5, 0.6) is 0 Å². The highest BCUT2D eigenvalue weighted by atomic mass is 14.3. The van der Waals surface area contributed by atoms with Crippen LogP contribution < -0.4 is 0 Å². The highest BCUT2D eigenvalue weighted by Crippen LogP contribution is 2.48. The lowest BCUT2D eigenvalue weighted by Gasteiger charge is -2.25. The molecule has 2 aliphatic carbocycles. The zero-order valence-corrected chi connectivity index (χ0v) is 22.2. The Bertz CT molecular complexity index is 2310. The summed E-state index contributed by atoms with van der Waals surface area (Å²) in [4.78, 5) is 0. The Labute approximate surface area is 232 Å². The molecule has 186 valence electrons. The number of hydrogen-bond acceptors (Lipinski definition) is 0. The second-order valence-electron chi connectivity index (χ2n) is 11.9. The number of rotatable bonds is 2. The van der Waals surface area contributed by atoms with E-state index < -0.39 is 0 Å². The van der Waals surface area contributed by atoms with E-state index in [1.54, 1.807) is 5.56 Å². The van der Waals surface area contributed by atoms with Crippen LogP contribution in [-0.2, 0) is 25.7 Å². The molecule has 0 N–H and O–H groups in total. The number of hydrogen-bond donors (Lipinski definition) is 0. The number of benzene rings is 8. The minimum absolute atomic E-state index is 1.20. The van der Waals surface area contributed by atoms with Crippen molar-refractivity contribution in [2.24, 2.45) is 0 Å². The van der Waals surface area contributed by atoms with Gasteiger partial charge in [0.25, 0.3) is 0 Å². The van der Waals surface area contributed by atoms with Gasteiger partial charge >= 0.3 is 0 Å². The Balaban J connectivity index is 1.36. The van der Waals surface area contributed by atoms with Gasteiger partial charge in [0.15, 0.2) is 0 Å². The van der Waals surface area contributed by atoms with Crippen LogP contribution in [-0.4, -0.2) is 0 Å². The van der Waals surface area contributed by atoms with E-state index in [-0.39, 0.29) is 0 Å². The van der Waals surface area contributed by atoms with Gasteiger partial charge in [-0.15, -0.1) is 0 Å². The summed E-state index contributed by atoms with van der Waals surface area (Å²) in [6.45, 7) is 0. The maximum Gasteiger partial charge on any atom is -0.00201 e. The maximum atomic E-state index is 2.45. The number of aryl methyl sites for hydroxylation is 4. The third-order valence-electron chi connectivity index (χ3n) is 9.99. The first-order valence-corrected chi connectivity index (χ1v) is 14.6. The van der Waals surface area contributed by atoms with Gasteiger partial charge in [0.05, 0.1) is 0 Å². The lowest BCUT2D eigenvalue weighted by Crippen LogP contribution is -2.09. The Morgan fingerprint density at radius 1 is 0.375 bits per heavy atom. The molecule has 0 radical (unpaired) electrons. The third-order valence-corrected chi connectivity index (χ3v) is 9.99. The van der Waals surface area contributed by atoms with Crippen molar-refractivity contribution in [1.29, 1.82) is 0 Å². The van der Waals surface area contributed by atoms with Crippen LogP contribution in [0.2, 0.25) is 0 Å². The summed E-state index contributed by atoms with van der Waals surface area (Å²) < 4.78 is 0. The summed E-state index contributed by atoms with van der Waals surface area (Å²) in [6.07, 6.45) is 4.83. The van der Waals surface area contributed by atoms with Gasteiger partial charge in [-0.3, -0.25) is 0 Å². The first kappa shape index (κ1) is 21.2. The van der Waals surface area contributed by atoms with E-state index in [2.05, 4.69) is 109 Å². The van der Waals surface area contributed by atoms with Crippen molar-refractivity contribution in [3.8, 4) is 22.3 Å². The molecule has 40 heavy (non-hydrogen) atoms. The molecule has 10 rings (SSSR count). The Kier molecular flexibility index (Phi) is 3.97. The molecular weight excluding hydrogens is 480 g/mol. The molecule has 8 aromatic carbocycles. The largest absolute Gasteiger partial charge is 0.0616 e. The molecule has 0 bridgehead atoms. The Hall–Kier alpha value is -4.68. The predicted molar refractivity (Wildman–Crippen MR) is 171 cm³/mol. The average Bonchev–Trinajstić information content (AvgIpc) is 2.96. The summed E-state index contributed by atoms with van der Waals surface area (Å²) in [5, 5.41) is 13.7. The van der Waals surface area contributed by atoms with Crippen LogP contribution in [0.25, 0.3) is 76.1 Å². The Morgan fingerprint density at radius 3 is 1.68 bits per heavy atom. The molecule has 0 atom stereocenters. The van der Waals surface area contributed by atoms with E-state index in [1.807, 2.05) is 0 Å². The number of fused-ring (bicyclic) bond motifs is 5. The molecular formula is C40H26. The lowest BCUT2D eigenvalue weighted by atomic mass is 9.79. The van der Waals surface area contributed by atoms with Gasteiger partial charge in [-0.1, -0.05) is 109 Å². The van der Waals surface area contributed by atoms with Gasteiger partial charge in [-0.25, -0.2) is 0 Å². The van der Waals surface area contributed by atoms with Crippen LogP contribution in [0.15, 0.2) is 109 Å². The summed E-state index contributed by atoms with van der Waals surface area (Å²) in [7, 11) is 0. The van der Waals surface area contributed by atoms with Crippen LogP contribution in [0.1, 0.15) is 22.3 Å². The fourth-order valence-corrected chi connectivity index (χ4v) is 7.89. The summed E-state index contributed by atoms with van der Waals surface area (Å²) >= 11 is 0. The van der Waals surface area contributed by atoms with E-state index in [1.165, 1.54) is 118 Å². The molecule has 0 saturated carbocycles. The maximum absolute atomic E-state index is 2.45. The van der Waals surface area contributed by atoms with E-state index in [0.29, 0.717) is 0 Å². The molecule has 0 nitrogen and oxygen atoms in total. The Morgan fingerprint density at radius 2 is 1.00 bits per heavy atom. The molecule has 0 unspecified atom stereocenters. The fraction of sp³-hybridized carbons (Fsp3) is 0.100. The van der Waals surface area contributed by atoms with Gasteiger partial charge in [-0.2, -0.15) is 0 Å². The minimum Gasteiger partial charge on any atom is -0.0616 e. The first-order chi connectivity index (χ1) is 19.8. The normalized spacial score (nSPS) is 14.1. The summed E-state index contributed by atoms with van der Waals surface area (Å²) in [5.74, 6) is 0. The van der Waals surface area contributed by atoms with E-state index in [0.717, 1.165) is 0 Å². The summed E-state index contributed by atoms with van der Waals surface area (Å²) in [6, 6.07) is 41.9. The predicted octanol–water partition coefficient (Wildman–Crippen LogP) is 10.4. The lowest BCUT2D eigenvalue weighted by molar-refractivity contribution is 0.840. The van der Waals surface area contributed by atoms with E-state index >= 15 is 0 Å². The van der Waals surface area contributed by atoms with Gasteiger partial charge in [0.1, 0.15) is 0 Å². The SMILES string of the molecule is c1ccc2c(-c3ccc4ccc5c6c(cc7ccc3c4c75)CC6)c3ccccc3c(-c3ccc4c(c3)CC4)c2c1. The monoisotopic (exact) mass is 506 g/mol. The second kappa shape index (κ2) is 7.49. The van der Waals surface area contributed by atoms with Gasteiger partial charge in [0, 0.05) is 0 Å². The van der Waals surface area contributed by atoms with Gasteiger partial charge in [0.2, 0.25) is 0 Å². The topological polar surface area (TPSA) is 0 Å². The quantitative estimate of drug-likeness (QED) is 0.162. The van der Waals surface area contributed by atoms with Crippen molar-refractivity contribution in [1.82, 2.24) is 0 Å². The van der Waals surface area contributed by atoms with Gasteiger partial charge < -0.3 is 0 Å². The third kappa shape index (κ3) is 2.62. The van der Waals surface area contributed by atoms with Crippen LogP contribution in [0, 0.1) is 0 Å². The standard InChI is InChI=1S/C40H26/c1-3-7-32-30(5-1)37(27-12-10-23-9-11-25(23)21-27)31-6-2-4-8-33(31)40(32)36-19-14-24-13-18-34-29-17-15-26(29)22-28-16-20-35(36)38(24)39(28)34/h1-8,10,12-14,16,18-22H,9,11,15,17H2. The van der Waals surface area contributed by atoms with Crippen LogP contribution in [0.3, 0.4) is 0 Å². The van der Waals surface area contributed by atoms with E-state index in [9.17, 15) is 0 Å².